The minimum atomic E-state index is -0.0831. The van der Waals surface area contributed by atoms with Crippen LogP contribution in [0.2, 0.25) is 0 Å². The van der Waals surface area contributed by atoms with Crippen LogP contribution in [0.5, 0.6) is 0 Å². The highest BCUT2D eigenvalue weighted by Gasteiger charge is 2.09. The van der Waals surface area contributed by atoms with Crippen molar-refractivity contribution < 1.29 is 9.21 Å². The second-order valence-electron chi connectivity index (χ2n) is 4.01. The van der Waals surface area contributed by atoms with Crippen LogP contribution in [0, 0.1) is 0 Å². The van der Waals surface area contributed by atoms with Crippen LogP contribution in [-0.4, -0.2) is 12.5 Å². The van der Waals surface area contributed by atoms with E-state index in [1.54, 1.807) is 12.5 Å². The van der Waals surface area contributed by atoms with Gasteiger partial charge in [0.2, 0.25) is 0 Å². The molecule has 2 aromatic rings. The van der Waals surface area contributed by atoms with E-state index in [1.807, 2.05) is 30.3 Å². The van der Waals surface area contributed by atoms with Crippen molar-refractivity contribution in [2.45, 2.75) is 13.0 Å². The summed E-state index contributed by atoms with van der Waals surface area (Å²) in [7, 11) is 0. The highest BCUT2D eigenvalue weighted by atomic mass is 16.3. The van der Waals surface area contributed by atoms with Crippen molar-refractivity contribution in [3.05, 3.63) is 59.5 Å². The van der Waals surface area contributed by atoms with Gasteiger partial charge in [0.25, 0.3) is 5.91 Å². The zero-order valence-corrected chi connectivity index (χ0v) is 10.1. The van der Waals surface area contributed by atoms with Crippen LogP contribution in [0.25, 0.3) is 0 Å². The summed E-state index contributed by atoms with van der Waals surface area (Å²) in [5, 5.41) is 2.86. The molecular weight excluding hydrogens is 228 g/mol. The van der Waals surface area contributed by atoms with Crippen molar-refractivity contribution >= 4 is 5.91 Å². The molecule has 94 valence electrons. The van der Waals surface area contributed by atoms with Gasteiger partial charge in [0.1, 0.15) is 0 Å². The molecule has 0 aliphatic carbocycles. The van der Waals surface area contributed by atoms with Crippen molar-refractivity contribution in [1.82, 2.24) is 5.32 Å². The Labute approximate surface area is 106 Å². The van der Waals surface area contributed by atoms with Crippen LogP contribution in [0.3, 0.4) is 0 Å². The van der Waals surface area contributed by atoms with Crippen molar-refractivity contribution in [2.24, 2.45) is 5.73 Å². The first kappa shape index (κ1) is 12.4. The molecule has 0 spiro atoms. The molecule has 3 N–H and O–H groups in total. The normalized spacial score (nSPS) is 10.3. The smallest absolute Gasteiger partial charge is 0.251 e. The number of hydrogen-bond acceptors (Lipinski definition) is 3. The second-order valence-corrected chi connectivity index (χ2v) is 4.01. The maximum atomic E-state index is 12.1. The van der Waals surface area contributed by atoms with Crippen LogP contribution in [0.1, 0.15) is 21.5 Å². The van der Waals surface area contributed by atoms with Gasteiger partial charge in [-0.15, -0.1) is 0 Å². The van der Waals surface area contributed by atoms with E-state index in [9.17, 15) is 4.79 Å². The van der Waals surface area contributed by atoms with Gasteiger partial charge < -0.3 is 15.5 Å². The summed E-state index contributed by atoms with van der Waals surface area (Å²) in [6, 6.07) is 9.34. The number of amides is 1. The van der Waals surface area contributed by atoms with Crippen molar-refractivity contribution in [1.29, 1.82) is 0 Å². The second kappa shape index (κ2) is 6.02. The largest absolute Gasteiger partial charge is 0.472 e. The topological polar surface area (TPSA) is 68.3 Å². The van der Waals surface area contributed by atoms with E-state index in [0.29, 0.717) is 25.1 Å². The van der Waals surface area contributed by atoms with E-state index < -0.39 is 0 Å². The summed E-state index contributed by atoms with van der Waals surface area (Å²) < 4.78 is 4.95. The van der Waals surface area contributed by atoms with Gasteiger partial charge in [0.15, 0.2) is 0 Å². The molecule has 2 rings (SSSR count). The summed E-state index contributed by atoms with van der Waals surface area (Å²) in [5.74, 6) is -0.0831. The number of furan rings is 1. The Morgan fingerprint density at radius 3 is 2.83 bits per heavy atom. The predicted molar refractivity (Wildman–Crippen MR) is 69.1 cm³/mol. The first-order valence-corrected chi connectivity index (χ1v) is 5.88. The molecule has 0 atom stereocenters. The molecule has 0 fully saturated rings. The van der Waals surface area contributed by atoms with Gasteiger partial charge in [0, 0.05) is 17.7 Å². The number of hydrogen-bond donors (Lipinski definition) is 2. The van der Waals surface area contributed by atoms with Gasteiger partial charge in [-0.05, 0) is 30.7 Å². The fraction of sp³-hybridized carbons (Fsp3) is 0.214. The molecule has 0 radical (unpaired) electrons. The number of benzene rings is 1. The van der Waals surface area contributed by atoms with Crippen LogP contribution in [0.15, 0.2) is 47.3 Å². The number of carbonyl (C=O) groups excluding carboxylic acids is 1. The highest BCUT2D eigenvalue weighted by molar-refractivity contribution is 5.95. The average Bonchev–Trinajstić information content (AvgIpc) is 2.90. The van der Waals surface area contributed by atoms with E-state index in [0.717, 1.165) is 11.1 Å². The summed E-state index contributed by atoms with van der Waals surface area (Å²) in [6.45, 7) is 0.998. The molecule has 4 nitrogen and oxygen atoms in total. The average molecular weight is 244 g/mol. The molecule has 1 amide bonds. The summed E-state index contributed by atoms with van der Waals surface area (Å²) in [5.41, 5.74) is 8.14. The standard InChI is InChI=1S/C14H16N2O2/c15-7-5-12-3-1-2-4-13(12)14(17)16-9-11-6-8-18-10-11/h1-4,6,8,10H,5,7,9,15H2,(H,16,17). The predicted octanol–water partition coefficient (Wildman–Crippen LogP) is 1.71. The number of carbonyl (C=O) groups is 1. The quantitative estimate of drug-likeness (QED) is 0.841. The summed E-state index contributed by atoms with van der Waals surface area (Å²) in [4.78, 5) is 12.1. The summed E-state index contributed by atoms with van der Waals surface area (Å²) >= 11 is 0. The van der Waals surface area contributed by atoms with E-state index in [-0.39, 0.29) is 5.91 Å². The molecule has 4 heteroatoms. The van der Waals surface area contributed by atoms with Gasteiger partial charge in [-0.1, -0.05) is 18.2 Å². The molecule has 0 aliphatic heterocycles. The molecular formula is C14H16N2O2. The Bertz CT molecular complexity index is 506. The molecule has 1 aromatic heterocycles. The lowest BCUT2D eigenvalue weighted by Gasteiger charge is -2.08. The fourth-order valence-electron chi connectivity index (χ4n) is 1.79. The maximum absolute atomic E-state index is 12.1. The Balaban J connectivity index is 2.04. The molecule has 0 saturated carbocycles. The third kappa shape index (κ3) is 2.99. The highest BCUT2D eigenvalue weighted by Crippen LogP contribution is 2.09. The number of nitrogens with one attached hydrogen (secondary N) is 1. The van der Waals surface area contributed by atoms with Gasteiger partial charge in [-0.2, -0.15) is 0 Å². The first-order valence-electron chi connectivity index (χ1n) is 5.88. The minimum Gasteiger partial charge on any atom is -0.472 e. The fourth-order valence-corrected chi connectivity index (χ4v) is 1.79. The van der Waals surface area contributed by atoms with Crippen molar-refractivity contribution in [3.8, 4) is 0 Å². The van der Waals surface area contributed by atoms with Crippen molar-refractivity contribution in [3.63, 3.8) is 0 Å². The zero-order valence-electron chi connectivity index (χ0n) is 10.1. The Kier molecular flexibility index (Phi) is 4.15. The molecule has 0 aliphatic rings. The summed E-state index contributed by atoms with van der Waals surface area (Å²) in [6.07, 6.45) is 3.91. The van der Waals surface area contributed by atoms with Crippen LogP contribution in [0.4, 0.5) is 0 Å². The molecule has 0 unspecified atom stereocenters. The van der Waals surface area contributed by atoms with Crippen molar-refractivity contribution in [2.75, 3.05) is 6.54 Å². The maximum Gasteiger partial charge on any atom is 0.251 e. The van der Waals surface area contributed by atoms with Gasteiger partial charge >= 0.3 is 0 Å². The van der Waals surface area contributed by atoms with Gasteiger partial charge in [-0.25, -0.2) is 0 Å². The lowest BCUT2D eigenvalue weighted by atomic mass is 10.0. The van der Waals surface area contributed by atoms with Crippen LogP contribution in [-0.2, 0) is 13.0 Å². The minimum absolute atomic E-state index is 0.0831. The Hall–Kier alpha value is -2.07. The molecule has 0 saturated heterocycles. The monoisotopic (exact) mass is 244 g/mol. The first-order chi connectivity index (χ1) is 8.81. The zero-order chi connectivity index (χ0) is 12.8. The van der Waals surface area contributed by atoms with Crippen LogP contribution >= 0.6 is 0 Å². The van der Waals surface area contributed by atoms with Gasteiger partial charge in [-0.3, -0.25) is 4.79 Å². The number of rotatable bonds is 5. The third-order valence-electron chi connectivity index (χ3n) is 2.71. The van der Waals surface area contributed by atoms with E-state index >= 15 is 0 Å². The Morgan fingerprint density at radius 1 is 1.28 bits per heavy atom. The van der Waals surface area contributed by atoms with E-state index in [1.165, 1.54) is 0 Å². The molecule has 18 heavy (non-hydrogen) atoms. The SMILES string of the molecule is NCCc1ccccc1C(=O)NCc1ccoc1. The van der Waals surface area contributed by atoms with E-state index in [4.69, 9.17) is 10.2 Å². The lowest BCUT2D eigenvalue weighted by molar-refractivity contribution is 0.0950. The molecule has 1 heterocycles. The third-order valence-corrected chi connectivity index (χ3v) is 2.71. The van der Waals surface area contributed by atoms with Crippen LogP contribution < -0.4 is 11.1 Å². The van der Waals surface area contributed by atoms with E-state index in [2.05, 4.69) is 5.32 Å². The molecule has 0 bridgehead atoms. The Morgan fingerprint density at radius 2 is 2.11 bits per heavy atom. The number of nitrogens with two attached hydrogens (primary N) is 1. The lowest BCUT2D eigenvalue weighted by Crippen LogP contribution is -2.24. The molecule has 1 aromatic carbocycles. The van der Waals surface area contributed by atoms with Gasteiger partial charge in [0.05, 0.1) is 12.5 Å².